The topological polar surface area (TPSA) is 24.5 Å². The number of ether oxygens (including phenoxy) is 1. The molecule has 0 aromatic carbocycles. The Hall–Kier alpha value is -0.0300. The molecule has 4 atom stereocenters. The molecule has 0 unspecified atom stereocenters. The van der Waals surface area contributed by atoms with E-state index in [0.29, 0.717) is 5.54 Å². The minimum atomic E-state index is 0.405. The molecule has 0 spiro atoms. The van der Waals surface area contributed by atoms with Crippen LogP contribution in [-0.4, -0.2) is 61.3 Å². The Kier molecular flexibility index (Phi) is 4.32. The first-order valence-corrected chi connectivity index (χ1v) is 9.81. The second-order valence-electron chi connectivity index (χ2n) is 7.30. The van der Waals surface area contributed by atoms with E-state index in [-0.39, 0.29) is 0 Å². The lowest BCUT2D eigenvalue weighted by molar-refractivity contribution is -0.0135. The fourth-order valence-corrected chi connectivity index (χ4v) is 6.23. The van der Waals surface area contributed by atoms with Gasteiger partial charge in [0.25, 0.3) is 0 Å². The van der Waals surface area contributed by atoms with E-state index in [0.717, 1.165) is 44.1 Å². The van der Waals surface area contributed by atoms with Gasteiger partial charge in [0.2, 0.25) is 0 Å². The van der Waals surface area contributed by atoms with Crippen LogP contribution in [0.25, 0.3) is 0 Å². The Bertz CT molecular complexity index is 388. The molecular weight excluding hydrogens is 280 g/mol. The average Bonchev–Trinajstić information content (AvgIpc) is 3.25. The van der Waals surface area contributed by atoms with E-state index >= 15 is 0 Å². The van der Waals surface area contributed by atoms with Crippen LogP contribution in [-0.2, 0) is 4.74 Å². The highest BCUT2D eigenvalue weighted by atomic mass is 32.2. The normalized spacial score (nSPS) is 43.0. The Morgan fingerprint density at radius 1 is 1.24 bits per heavy atom. The van der Waals surface area contributed by atoms with Gasteiger partial charge in [-0.1, -0.05) is 12.2 Å². The fourth-order valence-electron chi connectivity index (χ4n) is 4.75. The van der Waals surface area contributed by atoms with Gasteiger partial charge in [-0.15, -0.1) is 0 Å². The van der Waals surface area contributed by atoms with E-state index in [2.05, 4.69) is 34.1 Å². The first-order valence-electron chi connectivity index (χ1n) is 8.65. The van der Waals surface area contributed by atoms with Crippen molar-refractivity contribution in [2.24, 2.45) is 17.8 Å². The average molecular weight is 308 g/mol. The molecule has 2 aliphatic carbocycles. The maximum atomic E-state index is 5.55. The maximum absolute atomic E-state index is 5.55. The van der Waals surface area contributed by atoms with E-state index in [9.17, 15) is 0 Å². The number of allylic oxidation sites excluding steroid dienone is 2. The van der Waals surface area contributed by atoms with Crippen molar-refractivity contribution < 1.29 is 4.74 Å². The van der Waals surface area contributed by atoms with Gasteiger partial charge < -0.3 is 10.1 Å². The van der Waals surface area contributed by atoms with Gasteiger partial charge in [0.1, 0.15) is 0 Å². The van der Waals surface area contributed by atoms with Crippen molar-refractivity contribution in [2.45, 2.75) is 24.8 Å². The standard InChI is InChI=1S/C17H28N2OS/c1-2-15-9-14(1)10-16(15)11-18-12-17(3-8-21-13-17)19-4-6-20-7-5-19/h1-2,14-16,18H,3-13H2/t14-,15-,16-,17+/m0/s1. The Labute approximate surface area is 132 Å². The second kappa shape index (κ2) is 6.23. The molecule has 118 valence electrons. The predicted octanol–water partition coefficient (Wildman–Crippen LogP) is 2.00. The van der Waals surface area contributed by atoms with Crippen LogP contribution in [0.2, 0.25) is 0 Å². The number of morpholine rings is 1. The van der Waals surface area contributed by atoms with Gasteiger partial charge in [-0.25, -0.2) is 0 Å². The zero-order valence-electron chi connectivity index (χ0n) is 12.9. The summed E-state index contributed by atoms with van der Waals surface area (Å²) in [6.45, 7) is 6.49. The Morgan fingerprint density at radius 2 is 2.14 bits per heavy atom. The van der Waals surface area contributed by atoms with Crippen LogP contribution in [0.15, 0.2) is 12.2 Å². The Balaban J connectivity index is 1.31. The number of fused-ring (bicyclic) bond motifs is 2. The number of hydrogen-bond donors (Lipinski definition) is 1. The van der Waals surface area contributed by atoms with Crippen LogP contribution >= 0.6 is 11.8 Å². The molecule has 0 aromatic rings. The van der Waals surface area contributed by atoms with Crippen molar-refractivity contribution in [2.75, 3.05) is 50.9 Å². The Morgan fingerprint density at radius 3 is 2.81 bits per heavy atom. The summed E-state index contributed by atoms with van der Waals surface area (Å²) in [6.07, 6.45) is 9.12. The van der Waals surface area contributed by atoms with Crippen molar-refractivity contribution in [1.82, 2.24) is 10.2 Å². The highest BCUT2D eigenvalue weighted by molar-refractivity contribution is 7.99. The number of thioether (sulfide) groups is 1. The second-order valence-corrected chi connectivity index (χ2v) is 8.40. The first-order chi connectivity index (χ1) is 10.4. The molecular formula is C17H28N2OS. The molecule has 2 aliphatic heterocycles. The number of nitrogens with one attached hydrogen (secondary N) is 1. The number of hydrogen-bond acceptors (Lipinski definition) is 4. The van der Waals surface area contributed by atoms with Gasteiger partial charge in [-0.05, 0) is 49.3 Å². The summed E-state index contributed by atoms with van der Waals surface area (Å²) in [5.41, 5.74) is 0.405. The summed E-state index contributed by atoms with van der Waals surface area (Å²) >= 11 is 2.14. The SMILES string of the molecule is C1=C[C@H]2C[C@H]1C[C@H]2CNC[C@]1(N2CCOCC2)CCSC1. The molecule has 0 amide bonds. The molecule has 1 saturated carbocycles. The molecule has 3 fully saturated rings. The van der Waals surface area contributed by atoms with Crippen molar-refractivity contribution in [3.05, 3.63) is 12.2 Å². The van der Waals surface area contributed by atoms with Crippen LogP contribution in [0.1, 0.15) is 19.3 Å². The fraction of sp³-hybridized carbons (Fsp3) is 0.882. The third-order valence-corrected chi connectivity index (χ3v) is 7.28. The van der Waals surface area contributed by atoms with E-state index in [4.69, 9.17) is 4.74 Å². The molecule has 21 heavy (non-hydrogen) atoms. The predicted molar refractivity (Wildman–Crippen MR) is 88.8 cm³/mol. The highest BCUT2D eigenvalue weighted by Crippen LogP contribution is 2.43. The zero-order chi connectivity index (χ0) is 14.1. The molecule has 0 radical (unpaired) electrons. The minimum absolute atomic E-state index is 0.405. The van der Waals surface area contributed by atoms with Crippen LogP contribution in [0.4, 0.5) is 0 Å². The summed E-state index contributed by atoms with van der Waals surface area (Å²) in [7, 11) is 0. The molecule has 3 nitrogen and oxygen atoms in total. The smallest absolute Gasteiger partial charge is 0.0594 e. The molecule has 4 aliphatic rings. The van der Waals surface area contributed by atoms with Gasteiger partial charge in [0, 0.05) is 30.9 Å². The largest absolute Gasteiger partial charge is 0.379 e. The summed E-state index contributed by atoms with van der Waals surface area (Å²) < 4.78 is 5.55. The van der Waals surface area contributed by atoms with Crippen molar-refractivity contribution in [3.63, 3.8) is 0 Å². The van der Waals surface area contributed by atoms with Gasteiger partial charge in [0.05, 0.1) is 13.2 Å². The molecule has 2 saturated heterocycles. The quantitative estimate of drug-likeness (QED) is 0.785. The van der Waals surface area contributed by atoms with Gasteiger partial charge in [-0.2, -0.15) is 11.8 Å². The third kappa shape index (κ3) is 2.92. The summed E-state index contributed by atoms with van der Waals surface area (Å²) in [5, 5.41) is 3.86. The zero-order valence-corrected chi connectivity index (χ0v) is 13.7. The molecule has 4 rings (SSSR count). The molecule has 2 bridgehead atoms. The molecule has 1 N–H and O–H groups in total. The van der Waals surface area contributed by atoms with Crippen LogP contribution in [0, 0.1) is 17.8 Å². The van der Waals surface area contributed by atoms with Crippen LogP contribution in [0.3, 0.4) is 0 Å². The van der Waals surface area contributed by atoms with E-state index in [1.54, 1.807) is 0 Å². The van der Waals surface area contributed by atoms with Crippen molar-refractivity contribution >= 4 is 11.8 Å². The lowest BCUT2D eigenvalue weighted by atomic mass is 9.92. The number of nitrogens with zero attached hydrogens (tertiary/aromatic N) is 1. The first kappa shape index (κ1) is 14.6. The lowest BCUT2D eigenvalue weighted by Crippen LogP contribution is -2.58. The maximum Gasteiger partial charge on any atom is 0.0594 e. The molecule has 4 heteroatoms. The lowest BCUT2D eigenvalue weighted by Gasteiger charge is -2.43. The molecule has 2 heterocycles. The number of rotatable bonds is 5. The highest BCUT2D eigenvalue weighted by Gasteiger charge is 2.41. The van der Waals surface area contributed by atoms with E-state index in [1.165, 1.54) is 43.9 Å². The van der Waals surface area contributed by atoms with Crippen molar-refractivity contribution in [3.8, 4) is 0 Å². The minimum Gasteiger partial charge on any atom is -0.379 e. The summed E-state index contributed by atoms with van der Waals surface area (Å²) in [4.78, 5) is 2.71. The third-order valence-electron chi connectivity index (χ3n) is 6.04. The van der Waals surface area contributed by atoms with Gasteiger partial charge in [-0.3, -0.25) is 4.90 Å². The van der Waals surface area contributed by atoms with E-state index in [1.807, 2.05) is 0 Å². The van der Waals surface area contributed by atoms with Crippen molar-refractivity contribution in [1.29, 1.82) is 0 Å². The molecule has 0 aromatic heterocycles. The monoisotopic (exact) mass is 308 g/mol. The van der Waals surface area contributed by atoms with Gasteiger partial charge in [0.15, 0.2) is 0 Å². The van der Waals surface area contributed by atoms with Crippen LogP contribution in [0.5, 0.6) is 0 Å². The van der Waals surface area contributed by atoms with E-state index < -0.39 is 0 Å². The van der Waals surface area contributed by atoms with Gasteiger partial charge >= 0.3 is 0 Å². The summed E-state index contributed by atoms with van der Waals surface area (Å²) in [6, 6.07) is 0. The summed E-state index contributed by atoms with van der Waals surface area (Å²) in [5.74, 6) is 5.31. The van der Waals surface area contributed by atoms with Crippen LogP contribution < -0.4 is 5.32 Å².